The van der Waals surface area contributed by atoms with Crippen molar-refractivity contribution in [2.75, 3.05) is 6.61 Å². The van der Waals surface area contributed by atoms with Crippen molar-refractivity contribution in [1.82, 2.24) is 4.98 Å². The Morgan fingerprint density at radius 1 is 1.00 bits per heavy atom. The Balaban J connectivity index is 1.38. The van der Waals surface area contributed by atoms with Crippen LogP contribution in [-0.2, 0) is 19.3 Å². The molecule has 0 atom stereocenters. The number of halogens is 3. The van der Waals surface area contributed by atoms with Crippen molar-refractivity contribution in [2.45, 2.75) is 39.0 Å². The van der Waals surface area contributed by atoms with E-state index in [1.54, 1.807) is 12.1 Å². The Labute approximate surface area is 171 Å². The number of benzene rings is 2. The first-order valence-electron chi connectivity index (χ1n) is 9.44. The summed E-state index contributed by atoms with van der Waals surface area (Å²) in [4.78, 5) is 5.73. The molecule has 2 aromatic carbocycles. The molecular weight excluding hydrogens is 399 g/mol. The normalized spacial score (nSPS) is 13.4. The van der Waals surface area contributed by atoms with Gasteiger partial charge in [-0.2, -0.15) is 0 Å². The van der Waals surface area contributed by atoms with Gasteiger partial charge < -0.3 is 9.47 Å². The second-order valence-electron chi connectivity index (χ2n) is 6.98. The van der Waals surface area contributed by atoms with Gasteiger partial charge in [0.2, 0.25) is 0 Å². The number of ether oxygens (including phenoxy) is 2. The van der Waals surface area contributed by atoms with Gasteiger partial charge in [0.15, 0.2) is 0 Å². The van der Waals surface area contributed by atoms with Gasteiger partial charge in [0.05, 0.1) is 12.3 Å². The van der Waals surface area contributed by atoms with E-state index >= 15 is 0 Å². The number of alkyl halides is 3. The van der Waals surface area contributed by atoms with E-state index in [0.29, 0.717) is 13.0 Å². The van der Waals surface area contributed by atoms with E-state index in [2.05, 4.69) is 21.9 Å². The zero-order valence-corrected chi connectivity index (χ0v) is 16.7. The summed E-state index contributed by atoms with van der Waals surface area (Å²) in [6.45, 7) is 2.52. The molecule has 0 aliphatic heterocycles. The summed E-state index contributed by atoms with van der Waals surface area (Å²) < 4.78 is 46.7. The molecule has 4 rings (SSSR count). The molecule has 0 spiro atoms. The monoisotopic (exact) mass is 419 g/mol. The third-order valence-electron chi connectivity index (χ3n) is 4.91. The van der Waals surface area contributed by atoms with E-state index in [1.807, 2.05) is 13.0 Å². The SMILES string of the molecule is Cc1sc(-c2ccc(OC(F)(F)F)cc2)nc1CCOc1ccc2c(c1)CCC2. The number of hydrogen-bond donors (Lipinski definition) is 0. The van der Waals surface area contributed by atoms with Crippen LogP contribution in [0.3, 0.4) is 0 Å². The molecule has 29 heavy (non-hydrogen) atoms. The lowest BCUT2D eigenvalue weighted by Gasteiger charge is -2.08. The summed E-state index contributed by atoms with van der Waals surface area (Å²) >= 11 is 1.52. The van der Waals surface area contributed by atoms with Gasteiger partial charge in [0.1, 0.15) is 16.5 Å². The largest absolute Gasteiger partial charge is 0.573 e. The molecule has 1 aliphatic rings. The van der Waals surface area contributed by atoms with Crippen molar-refractivity contribution < 1.29 is 22.6 Å². The summed E-state index contributed by atoms with van der Waals surface area (Å²) in [6.07, 6.45) is -0.531. The van der Waals surface area contributed by atoms with Crippen LogP contribution in [0.5, 0.6) is 11.5 Å². The zero-order chi connectivity index (χ0) is 20.4. The van der Waals surface area contributed by atoms with Crippen LogP contribution < -0.4 is 9.47 Å². The van der Waals surface area contributed by atoms with Gasteiger partial charge in [0, 0.05) is 16.9 Å². The van der Waals surface area contributed by atoms with Crippen molar-refractivity contribution in [3.8, 4) is 22.1 Å². The summed E-state index contributed by atoms with van der Waals surface area (Å²) in [6, 6.07) is 12.1. The summed E-state index contributed by atoms with van der Waals surface area (Å²) in [7, 11) is 0. The first-order chi connectivity index (χ1) is 13.9. The first kappa shape index (κ1) is 19.8. The Bertz CT molecular complexity index is 996. The van der Waals surface area contributed by atoms with Crippen LogP contribution in [0.1, 0.15) is 28.1 Å². The Kier molecular flexibility index (Phi) is 5.50. The number of aryl methyl sites for hydroxylation is 3. The summed E-state index contributed by atoms with van der Waals surface area (Å²) in [5.74, 6) is 0.650. The third kappa shape index (κ3) is 4.90. The second kappa shape index (κ2) is 8.06. The standard InChI is InChI=1S/C22H20F3NO2S/c1-14-20(11-12-27-19-10-5-15-3-2-4-17(15)13-19)26-21(29-14)16-6-8-18(9-7-16)28-22(23,24)25/h5-10,13H,2-4,11-12H2,1H3. The molecule has 7 heteroatoms. The molecule has 0 saturated heterocycles. The minimum absolute atomic E-state index is 0.238. The number of aromatic nitrogens is 1. The lowest BCUT2D eigenvalue weighted by atomic mass is 10.1. The number of thiazole rings is 1. The van der Waals surface area contributed by atoms with E-state index < -0.39 is 6.36 Å². The van der Waals surface area contributed by atoms with Crippen molar-refractivity contribution >= 4 is 11.3 Å². The van der Waals surface area contributed by atoms with Gasteiger partial charge in [0.25, 0.3) is 0 Å². The van der Waals surface area contributed by atoms with Crippen LogP contribution in [0.4, 0.5) is 13.2 Å². The maximum atomic E-state index is 12.3. The maximum absolute atomic E-state index is 12.3. The number of rotatable bonds is 6. The van der Waals surface area contributed by atoms with E-state index in [4.69, 9.17) is 4.74 Å². The molecule has 1 aromatic heterocycles. The molecular formula is C22H20F3NO2S. The lowest BCUT2D eigenvalue weighted by Crippen LogP contribution is -2.16. The highest BCUT2D eigenvalue weighted by Crippen LogP contribution is 2.31. The van der Waals surface area contributed by atoms with E-state index in [0.717, 1.165) is 39.7 Å². The van der Waals surface area contributed by atoms with E-state index in [1.165, 1.54) is 41.0 Å². The average molecular weight is 419 g/mol. The van der Waals surface area contributed by atoms with Crippen molar-refractivity contribution in [2.24, 2.45) is 0 Å². The second-order valence-corrected chi connectivity index (χ2v) is 8.18. The van der Waals surface area contributed by atoms with Crippen molar-refractivity contribution in [3.63, 3.8) is 0 Å². The predicted molar refractivity (Wildman–Crippen MR) is 107 cm³/mol. The van der Waals surface area contributed by atoms with E-state index in [9.17, 15) is 13.2 Å². The van der Waals surface area contributed by atoms with Crippen molar-refractivity contribution in [3.05, 3.63) is 64.2 Å². The van der Waals surface area contributed by atoms with Gasteiger partial charge in [-0.3, -0.25) is 0 Å². The zero-order valence-electron chi connectivity index (χ0n) is 15.9. The number of fused-ring (bicyclic) bond motifs is 1. The van der Waals surface area contributed by atoms with Gasteiger partial charge in [-0.05, 0) is 73.7 Å². The quantitative estimate of drug-likeness (QED) is 0.482. The topological polar surface area (TPSA) is 31.4 Å². The Morgan fingerprint density at radius 3 is 2.48 bits per heavy atom. The highest BCUT2D eigenvalue weighted by atomic mass is 32.1. The molecule has 0 amide bonds. The molecule has 0 saturated carbocycles. The highest BCUT2D eigenvalue weighted by molar-refractivity contribution is 7.15. The van der Waals surface area contributed by atoms with Crippen LogP contribution in [0, 0.1) is 6.92 Å². The molecule has 0 radical (unpaired) electrons. The summed E-state index contributed by atoms with van der Waals surface area (Å²) in [5.41, 5.74) is 4.51. The predicted octanol–water partition coefficient (Wildman–Crippen LogP) is 6.13. The smallest absolute Gasteiger partial charge is 0.493 e. The number of nitrogens with zero attached hydrogens (tertiary/aromatic N) is 1. The van der Waals surface area contributed by atoms with Gasteiger partial charge in [-0.1, -0.05) is 6.07 Å². The molecule has 152 valence electrons. The molecule has 0 fully saturated rings. The molecule has 0 unspecified atom stereocenters. The molecule has 1 heterocycles. The fraction of sp³-hybridized carbons (Fsp3) is 0.318. The van der Waals surface area contributed by atoms with Crippen LogP contribution in [0.25, 0.3) is 10.6 Å². The third-order valence-corrected chi connectivity index (χ3v) is 5.97. The maximum Gasteiger partial charge on any atom is 0.573 e. The lowest BCUT2D eigenvalue weighted by molar-refractivity contribution is -0.274. The Hall–Kier alpha value is -2.54. The van der Waals surface area contributed by atoms with Crippen LogP contribution in [0.15, 0.2) is 42.5 Å². The van der Waals surface area contributed by atoms with Crippen LogP contribution in [0.2, 0.25) is 0 Å². The minimum atomic E-state index is -4.69. The minimum Gasteiger partial charge on any atom is -0.493 e. The van der Waals surface area contributed by atoms with Crippen LogP contribution in [-0.4, -0.2) is 18.0 Å². The van der Waals surface area contributed by atoms with Crippen molar-refractivity contribution in [1.29, 1.82) is 0 Å². The van der Waals surface area contributed by atoms with E-state index in [-0.39, 0.29) is 5.75 Å². The highest BCUT2D eigenvalue weighted by Gasteiger charge is 2.31. The fourth-order valence-corrected chi connectivity index (χ4v) is 4.45. The molecule has 0 bridgehead atoms. The van der Waals surface area contributed by atoms with Gasteiger partial charge >= 0.3 is 6.36 Å². The van der Waals surface area contributed by atoms with Gasteiger partial charge in [-0.25, -0.2) is 4.98 Å². The molecule has 0 N–H and O–H groups in total. The van der Waals surface area contributed by atoms with Crippen LogP contribution >= 0.6 is 11.3 Å². The Morgan fingerprint density at radius 2 is 1.72 bits per heavy atom. The first-order valence-corrected chi connectivity index (χ1v) is 10.3. The number of hydrogen-bond acceptors (Lipinski definition) is 4. The van der Waals surface area contributed by atoms with Gasteiger partial charge in [-0.15, -0.1) is 24.5 Å². The molecule has 3 nitrogen and oxygen atoms in total. The fourth-order valence-electron chi connectivity index (χ4n) is 3.49. The molecule has 3 aromatic rings. The average Bonchev–Trinajstić information content (AvgIpc) is 3.27. The summed E-state index contributed by atoms with van der Waals surface area (Å²) in [5, 5.41) is 0.772. The molecule has 1 aliphatic carbocycles.